The van der Waals surface area contributed by atoms with Gasteiger partial charge in [-0.05, 0) is 66.0 Å². The van der Waals surface area contributed by atoms with Crippen molar-refractivity contribution in [1.82, 2.24) is 4.40 Å². The quantitative estimate of drug-likeness (QED) is 0.188. The fourth-order valence-corrected chi connectivity index (χ4v) is 8.67. The van der Waals surface area contributed by atoms with Crippen LogP contribution < -0.4 is 4.90 Å². The minimum absolute atomic E-state index is 0.864. The summed E-state index contributed by atoms with van der Waals surface area (Å²) in [6.07, 6.45) is 0. The first kappa shape index (κ1) is 27.7. The molecule has 12 rings (SSSR count). The second kappa shape index (κ2) is 10.3. The first-order chi connectivity index (χ1) is 25.8. The molecular formula is C48H28N2O2. The Morgan fingerprint density at radius 1 is 0.365 bits per heavy atom. The minimum atomic E-state index is 0.864. The number of aromatic nitrogens is 1. The zero-order chi connectivity index (χ0) is 33.9. The van der Waals surface area contributed by atoms with Crippen LogP contribution in [-0.2, 0) is 0 Å². The molecule has 0 fully saturated rings. The summed E-state index contributed by atoms with van der Waals surface area (Å²) in [7, 11) is 0. The normalized spacial score (nSPS) is 12.2. The Labute approximate surface area is 296 Å². The molecule has 0 saturated heterocycles. The van der Waals surface area contributed by atoms with E-state index in [9.17, 15) is 0 Å². The van der Waals surface area contributed by atoms with E-state index in [1.165, 1.54) is 27.1 Å². The number of hydrogen-bond acceptors (Lipinski definition) is 3. The van der Waals surface area contributed by atoms with Crippen LogP contribution in [0.15, 0.2) is 179 Å². The molecule has 0 aliphatic carbocycles. The van der Waals surface area contributed by atoms with Gasteiger partial charge in [-0.15, -0.1) is 0 Å². The molecule has 0 spiro atoms. The fraction of sp³-hybridized carbons (Fsp3) is 0. The Morgan fingerprint density at radius 3 is 1.77 bits per heavy atom. The van der Waals surface area contributed by atoms with Gasteiger partial charge in [0, 0.05) is 59.9 Å². The van der Waals surface area contributed by atoms with Crippen molar-refractivity contribution < 1.29 is 8.83 Å². The van der Waals surface area contributed by atoms with Gasteiger partial charge >= 0.3 is 0 Å². The molecule has 2 bridgehead atoms. The van der Waals surface area contributed by atoms with E-state index in [0.717, 1.165) is 82.7 Å². The first-order valence-corrected chi connectivity index (χ1v) is 17.7. The average molecular weight is 665 g/mol. The third kappa shape index (κ3) is 3.70. The van der Waals surface area contributed by atoms with E-state index >= 15 is 0 Å². The number of benzene rings is 8. The van der Waals surface area contributed by atoms with Crippen molar-refractivity contribution in [2.24, 2.45) is 0 Å². The number of fused-ring (bicyclic) bond motifs is 16. The van der Waals surface area contributed by atoms with Crippen LogP contribution >= 0.6 is 0 Å². The molecule has 0 saturated carbocycles. The van der Waals surface area contributed by atoms with Gasteiger partial charge in [-0.1, -0.05) is 109 Å². The highest BCUT2D eigenvalue weighted by Gasteiger charge is 2.22. The van der Waals surface area contributed by atoms with Crippen molar-refractivity contribution in [3.63, 3.8) is 0 Å². The summed E-state index contributed by atoms with van der Waals surface area (Å²) >= 11 is 0. The molecule has 0 radical (unpaired) electrons. The van der Waals surface area contributed by atoms with Crippen LogP contribution in [0.5, 0.6) is 0 Å². The fourth-order valence-electron chi connectivity index (χ4n) is 8.67. The standard InChI is InChI=1S/C48H28N2O2/c1-2-12-30(13-3-1)49(42-21-11-19-38-34-15-5-8-22-44(34)52-48(38)42)31-24-25-33-36-17-10-18-37-40-27-29(26-39-35-16-6-9-23-45(35)51-47(39)40)32-14-4-7-20-41(32)50(46(36)37)43(33)28-31/h1-28H. The van der Waals surface area contributed by atoms with E-state index in [-0.39, 0.29) is 0 Å². The highest BCUT2D eigenvalue weighted by molar-refractivity contribution is 6.26. The number of rotatable bonds is 3. The largest absolute Gasteiger partial charge is 0.455 e. The smallest absolute Gasteiger partial charge is 0.159 e. The van der Waals surface area contributed by atoms with Crippen LogP contribution in [-0.4, -0.2) is 4.40 Å². The van der Waals surface area contributed by atoms with Gasteiger partial charge in [-0.2, -0.15) is 0 Å². The maximum Gasteiger partial charge on any atom is 0.159 e. The molecule has 4 heteroatoms. The number of anilines is 3. The van der Waals surface area contributed by atoms with Crippen LogP contribution in [0.4, 0.5) is 17.1 Å². The molecule has 0 N–H and O–H groups in total. The monoisotopic (exact) mass is 664 g/mol. The molecule has 4 nitrogen and oxygen atoms in total. The summed E-state index contributed by atoms with van der Waals surface area (Å²) in [4.78, 5) is 2.32. The van der Waals surface area contributed by atoms with Gasteiger partial charge in [0.25, 0.3) is 0 Å². The zero-order valence-electron chi connectivity index (χ0n) is 27.9. The van der Waals surface area contributed by atoms with Crippen molar-refractivity contribution in [1.29, 1.82) is 0 Å². The minimum Gasteiger partial charge on any atom is -0.455 e. The lowest BCUT2D eigenvalue weighted by Gasteiger charge is -2.25. The van der Waals surface area contributed by atoms with Gasteiger partial charge in [-0.25, -0.2) is 0 Å². The van der Waals surface area contributed by atoms with Crippen LogP contribution in [0.3, 0.4) is 0 Å². The second-order valence-corrected chi connectivity index (χ2v) is 13.7. The van der Waals surface area contributed by atoms with Crippen molar-refractivity contribution in [2.45, 2.75) is 0 Å². The van der Waals surface area contributed by atoms with Gasteiger partial charge in [0.15, 0.2) is 5.58 Å². The van der Waals surface area contributed by atoms with E-state index in [1.54, 1.807) is 0 Å². The summed E-state index contributed by atoms with van der Waals surface area (Å²) in [6, 6.07) is 60.6. The number of para-hydroxylation sites is 6. The molecule has 0 amide bonds. The number of nitrogens with zero attached hydrogens (tertiary/aromatic N) is 2. The molecule has 52 heavy (non-hydrogen) atoms. The Hall–Kier alpha value is -7.04. The molecule has 0 atom stereocenters. The topological polar surface area (TPSA) is 33.9 Å². The Bertz CT molecular complexity index is 3420. The number of hydrogen-bond donors (Lipinski definition) is 0. The SMILES string of the molecule is c1ccc(N(c2ccc3c4cccc5c6cc(cc7c8ccccc8oc76)c6ccccc6n(c3c2)c54)c2cccc3c2oc2ccccc23)cc1. The highest BCUT2D eigenvalue weighted by atomic mass is 16.3. The van der Waals surface area contributed by atoms with E-state index in [0.29, 0.717) is 0 Å². The lowest BCUT2D eigenvalue weighted by Crippen LogP contribution is -2.10. The molecule has 4 aromatic heterocycles. The van der Waals surface area contributed by atoms with E-state index in [1.807, 2.05) is 18.2 Å². The molecule has 8 aromatic carbocycles. The molecule has 12 aromatic rings. The maximum atomic E-state index is 6.65. The lowest BCUT2D eigenvalue weighted by atomic mass is 10.0. The molecule has 0 aliphatic rings. The van der Waals surface area contributed by atoms with Crippen molar-refractivity contribution in [3.05, 3.63) is 170 Å². The first-order valence-electron chi connectivity index (χ1n) is 17.7. The molecule has 0 unspecified atom stereocenters. The van der Waals surface area contributed by atoms with Crippen molar-refractivity contribution in [3.8, 4) is 0 Å². The van der Waals surface area contributed by atoms with Crippen LogP contribution in [0.25, 0.3) is 92.7 Å². The molecule has 0 aliphatic heterocycles. The third-order valence-corrected chi connectivity index (χ3v) is 10.9. The van der Waals surface area contributed by atoms with Crippen LogP contribution in [0.1, 0.15) is 0 Å². The van der Waals surface area contributed by atoms with Crippen LogP contribution in [0.2, 0.25) is 0 Å². The summed E-state index contributed by atoms with van der Waals surface area (Å²) < 4.78 is 15.7. The van der Waals surface area contributed by atoms with E-state index < -0.39 is 0 Å². The Morgan fingerprint density at radius 2 is 0.962 bits per heavy atom. The van der Waals surface area contributed by atoms with Gasteiger partial charge in [0.1, 0.15) is 16.7 Å². The lowest BCUT2D eigenvalue weighted by molar-refractivity contribution is 0.669. The van der Waals surface area contributed by atoms with E-state index in [4.69, 9.17) is 8.83 Å². The second-order valence-electron chi connectivity index (χ2n) is 13.7. The molecule has 242 valence electrons. The van der Waals surface area contributed by atoms with Gasteiger partial charge in [-0.3, -0.25) is 0 Å². The average Bonchev–Trinajstić information content (AvgIpc) is 3.87. The zero-order valence-corrected chi connectivity index (χ0v) is 27.9. The van der Waals surface area contributed by atoms with Crippen molar-refractivity contribution in [2.75, 3.05) is 4.90 Å². The Balaban J connectivity index is 1.24. The Kier molecular flexibility index (Phi) is 5.47. The summed E-state index contributed by atoms with van der Waals surface area (Å²) in [5.74, 6) is 0. The predicted octanol–water partition coefficient (Wildman–Crippen LogP) is 13.8. The predicted molar refractivity (Wildman–Crippen MR) is 217 cm³/mol. The van der Waals surface area contributed by atoms with E-state index in [2.05, 4.69) is 161 Å². The van der Waals surface area contributed by atoms with Crippen LogP contribution in [0, 0.1) is 0 Å². The molecule has 4 heterocycles. The molecular weight excluding hydrogens is 637 g/mol. The number of furan rings is 2. The summed E-state index contributed by atoms with van der Waals surface area (Å²) in [6.45, 7) is 0. The van der Waals surface area contributed by atoms with Gasteiger partial charge < -0.3 is 18.1 Å². The summed E-state index contributed by atoms with van der Waals surface area (Å²) in [5.41, 5.74) is 10.1. The van der Waals surface area contributed by atoms with Gasteiger partial charge in [0.2, 0.25) is 0 Å². The maximum absolute atomic E-state index is 6.65. The summed E-state index contributed by atoms with van der Waals surface area (Å²) in [5, 5.41) is 11.5. The van der Waals surface area contributed by atoms with Crippen molar-refractivity contribution >= 4 is 110 Å². The highest BCUT2D eigenvalue weighted by Crippen LogP contribution is 2.45. The third-order valence-electron chi connectivity index (χ3n) is 10.9. The van der Waals surface area contributed by atoms with Gasteiger partial charge in [0.05, 0.1) is 22.2 Å².